The van der Waals surface area contributed by atoms with Crippen molar-refractivity contribution in [2.75, 3.05) is 12.4 Å². The van der Waals surface area contributed by atoms with Crippen molar-refractivity contribution in [2.45, 2.75) is 20.3 Å². The Balaban J connectivity index is 2.18. The lowest BCUT2D eigenvalue weighted by atomic mass is 10.1. The third-order valence-electron chi connectivity index (χ3n) is 3.28. The first-order valence-electron chi connectivity index (χ1n) is 6.65. The normalized spacial score (nSPS) is 10.4. The molecule has 1 amide bonds. The standard InChI is InChI=1S/C16H16FNO3S/c1-9-10(2)22-15(14(9)16(20)21-3)18-13(19)8-11-5-4-6-12(17)7-11/h4-7H,8H2,1-3H3,(H,18,19). The summed E-state index contributed by atoms with van der Waals surface area (Å²) in [5.74, 6) is -1.18. The molecule has 0 radical (unpaired) electrons. The van der Waals surface area contributed by atoms with Gasteiger partial charge in [0.2, 0.25) is 5.91 Å². The molecule has 1 N–H and O–H groups in total. The van der Waals surface area contributed by atoms with Crippen molar-refractivity contribution in [3.63, 3.8) is 0 Å². The second kappa shape index (κ2) is 6.70. The van der Waals surface area contributed by atoms with Crippen molar-refractivity contribution in [1.82, 2.24) is 0 Å². The van der Waals surface area contributed by atoms with E-state index in [0.717, 1.165) is 10.4 Å². The molecule has 2 aromatic rings. The Morgan fingerprint density at radius 3 is 2.68 bits per heavy atom. The van der Waals surface area contributed by atoms with E-state index in [9.17, 15) is 14.0 Å². The number of thiophene rings is 1. The number of benzene rings is 1. The molecule has 1 aromatic heterocycles. The van der Waals surface area contributed by atoms with E-state index < -0.39 is 5.97 Å². The molecule has 22 heavy (non-hydrogen) atoms. The van der Waals surface area contributed by atoms with Crippen molar-refractivity contribution in [3.8, 4) is 0 Å². The molecule has 0 aliphatic rings. The van der Waals surface area contributed by atoms with Gasteiger partial charge in [0.1, 0.15) is 10.8 Å². The van der Waals surface area contributed by atoms with Gasteiger partial charge in [-0.1, -0.05) is 12.1 Å². The molecule has 1 aromatic carbocycles. The summed E-state index contributed by atoms with van der Waals surface area (Å²) in [4.78, 5) is 24.9. The SMILES string of the molecule is COC(=O)c1c(NC(=O)Cc2cccc(F)c2)sc(C)c1C. The van der Waals surface area contributed by atoms with Crippen LogP contribution in [0.1, 0.15) is 26.4 Å². The first-order chi connectivity index (χ1) is 10.4. The summed E-state index contributed by atoms with van der Waals surface area (Å²) in [5, 5.41) is 3.17. The van der Waals surface area contributed by atoms with E-state index >= 15 is 0 Å². The van der Waals surface area contributed by atoms with Gasteiger partial charge in [-0.2, -0.15) is 0 Å². The monoisotopic (exact) mass is 321 g/mol. The van der Waals surface area contributed by atoms with Crippen LogP contribution in [0.2, 0.25) is 0 Å². The van der Waals surface area contributed by atoms with Crippen LogP contribution in [0.3, 0.4) is 0 Å². The Morgan fingerprint density at radius 1 is 1.32 bits per heavy atom. The number of hydrogen-bond acceptors (Lipinski definition) is 4. The predicted molar refractivity (Wildman–Crippen MR) is 83.9 cm³/mol. The van der Waals surface area contributed by atoms with Crippen LogP contribution >= 0.6 is 11.3 Å². The molecule has 0 saturated carbocycles. The molecule has 2 rings (SSSR count). The van der Waals surface area contributed by atoms with Gasteiger partial charge in [0.15, 0.2) is 0 Å². The maximum atomic E-state index is 13.1. The summed E-state index contributed by atoms with van der Waals surface area (Å²) in [5.41, 5.74) is 1.73. The van der Waals surface area contributed by atoms with Gasteiger partial charge in [-0.15, -0.1) is 11.3 Å². The highest BCUT2D eigenvalue weighted by Crippen LogP contribution is 2.33. The van der Waals surface area contributed by atoms with Crippen LogP contribution in [0.15, 0.2) is 24.3 Å². The zero-order chi connectivity index (χ0) is 16.3. The van der Waals surface area contributed by atoms with Crippen LogP contribution in [0.5, 0.6) is 0 Å². The Hall–Kier alpha value is -2.21. The van der Waals surface area contributed by atoms with Crippen molar-refractivity contribution < 1.29 is 18.7 Å². The molecule has 0 saturated heterocycles. The topological polar surface area (TPSA) is 55.4 Å². The Bertz CT molecular complexity index is 724. The van der Waals surface area contributed by atoms with Gasteiger partial charge in [0.25, 0.3) is 0 Å². The predicted octanol–water partition coefficient (Wildman–Crippen LogP) is 3.47. The van der Waals surface area contributed by atoms with Crippen LogP contribution in [-0.2, 0) is 16.0 Å². The van der Waals surface area contributed by atoms with Gasteiger partial charge < -0.3 is 10.1 Å². The third-order valence-corrected chi connectivity index (χ3v) is 4.40. The first-order valence-corrected chi connectivity index (χ1v) is 7.46. The number of methoxy groups -OCH3 is 1. The highest BCUT2D eigenvalue weighted by Gasteiger charge is 2.21. The van der Waals surface area contributed by atoms with Crippen LogP contribution in [0.25, 0.3) is 0 Å². The van der Waals surface area contributed by atoms with Crippen molar-refractivity contribution in [2.24, 2.45) is 0 Å². The number of hydrogen-bond donors (Lipinski definition) is 1. The van der Waals surface area contributed by atoms with Gasteiger partial charge in [-0.05, 0) is 37.1 Å². The smallest absolute Gasteiger partial charge is 0.341 e. The highest BCUT2D eigenvalue weighted by atomic mass is 32.1. The number of rotatable bonds is 4. The van der Waals surface area contributed by atoms with E-state index in [1.165, 1.54) is 30.6 Å². The van der Waals surface area contributed by atoms with Gasteiger partial charge in [0.05, 0.1) is 19.1 Å². The summed E-state index contributed by atoms with van der Waals surface area (Å²) in [6.07, 6.45) is 0.0361. The molecular weight excluding hydrogens is 305 g/mol. The molecule has 0 atom stereocenters. The van der Waals surface area contributed by atoms with Gasteiger partial charge in [0, 0.05) is 4.88 Å². The Kier molecular flexibility index (Phi) is 4.92. The molecule has 0 spiro atoms. The van der Waals surface area contributed by atoms with Crippen molar-refractivity contribution in [3.05, 3.63) is 51.7 Å². The van der Waals surface area contributed by atoms with E-state index in [4.69, 9.17) is 4.74 Å². The third kappa shape index (κ3) is 3.51. The molecule has 0 aliphatic heterocycles. The minimum atomic E-state index is -0.483. The number of carbonyl (C=O) groups excluding carboxylic acids is 2. The fourth-order valence-corrected chi connectivity index (χ4v) is 3.13. The molecule has 0 fully saturated rings. The number of ether oxygens (including phenoxy) is 1. The average Bonchev–Trinajstić information content (AvgIpc) is 2.72. The molecule has 116 valence electrons. The molecule has 0 unspecified atom stereocenters. The van der Waals surface area contributed by atoms with Crippen LogP contribution < -0.4 is 5.32 Å². The summed E-state index contributed by atoms with van der Waals surface area (Å²) >= 11 is 1.32. The molecule has 1 heterocycles. The summed E-state index contributed by atoms with van der Waals surface area (Å²) in [7, 11) is 1.30. The number of carbonyl (C=O) groups is 2. The average molecular weight is 321 g/mol. The summed E-state index contributed by atoms with van der Waals surface area (Å²) < 4.78 is 17.9. The molecular formula is C16H16FNO3S. The molecule has 0 aliphatic carbocycles. The lowest BCUT2D eigenvalue weighted by Crippen LogP contribution is -2.16. The van der Waals surface area contributed by atoms with E-state index in [2.05, 4.69) is 5.32 Å². The second-order valence-electron chi connectivity index (χ2n) is 4.83. The van der Waals surface area contributed by atoms with E-state index in [1.807, 2.05) is 6.92 Å². The summed E-state index contributed by atoms with van der Waals surface area (Å²) in [6.45, 7) is 3.68. The minimum Gasteiger partial charge on any atom is -0.465 e. The number of amides is 1. The molecule has 4 nitrogen and oxygen atoms in total. The van der Waals surface area contributed by atoms with Crippen LogP contribution in [-0.4, -0.2) is 19.0 Å². The first kappa shape index (κ1) is 16.2. The number of anilines is 1. The minimum absolute atomic E-state index is 0.0361. The second-order valence-corrected chi connectivity index (χ2v) is 6.06. The highest BCUT2D eigenvalue weighted by molar-refractivity contribution is 7.16. The van der Waals surface area contributed by atoms with Crippen LogP contribution in [0, 0.1) is 19.7 Å². The van der Waals surface area contributed by atoms with E-state index in [1.54, 1.807) is 19.1 Å². The Morgan fingerprint density at radius 2 is 2.05 bits per heavy atom. The fourth-order valence-electron chi connectivity index (χ4n) is 2.07. The lowest BCUT2D eigenvalue weighted by molar-refractivity contribution is -0.115. The van der Waals surface area contributed by atoms with Gasteiger partial charge >= 0.3 is 5.97 Å². The van der Waals surface area contributed by atoms with Crippen LogP contribution in [0.4, 0.5) is 9.39 Å². The fraction of sp³-hybridized carbons (Fsp3) is 0.250. The molecule has 6 heteroatoms. The number of nitrogens with one attached hydrogen (secondary N) is 1. The molecule has 0 bridgehead atoms. The van der Waals surface area contributed by atoms with Crippen molar-refractivity contribution in [1.29, 1.82) is 0 Å². The van der Waals surface area contributed by atoms with E-state index in [0.29, 0.717) is 16.1 Å². The van der Waals surface area contributed by atoms with Gasteiger partial charge in [-0.3, -0.25) is 4.79 Å². The zero-order valence-corrected chi connectivity index (χ0v) is 13.3. The number of esters is 1. The van der Waals surface area contributed by atoms with E-state index in [-0.39, 0.29) is 18.1 Å². The largest absolute Gasteiger partial charge is 0.465 e. The Labute approximate surface area is 131 Å². The quantitative estimate of drug-likeness (QED) is 0.877. The maximum Gasteiger partial charge on any atom is 0.341 e. The zero-order valence-electron chi connectivity index (χ0n) is 12.5. The number of halogens is 1. The maximum absolute atomic E-state index is 13.1. The summed E-state index contributed by atoms with van der Waals surface area (Å²) in [6, 6.07) is 5.86. The van der Waals surface area contributed by atoms with Crippen molar-refractivity contribution >= 4 is 28.2 Å². The van der Waals surface area contributed by atoms with Gasteiger partial charge in [-0.25, -0.2) is 9.18 Å². The number of aryl methyl sites for hydroxylation is 1. The lowest BCUT2D eigenvalue weighted by Gasteiger charge is -2.06.